The molecule has 0 aliphatic rings. The Balaban J connectivity index is 2.87. The first kappa shape index (κ1) is 12.8. The molecule has 0 spiro atoms. The fourth-order valence-electron chi connectivity index (χ4n) is 1.45. The maximum Gasteiger partial charge on any atom is 0.188 e. The Bertz CT molecular complexity index is 326. The minimum Gasteiger partial charge on any atom is -0.497 e. The molecule has 0 amide bonds. The quantitative estimate of drug-likeness (QED) is 0.747. The SMILES string of the molecule is COCOc1ccc(OC)cc1CC(C)N. The van der Waals surface area contributed by atoms with Crippen molar-refractivity contribution in [2.45, 2.75) is 19.4 Å². The molecule has 0 saturated carbocycles. The van der Waals surface area contributed by atoms with Gasteiger partial charge in [0.1, 0.15) is 11.5 Å². The summed E-state index contributed by atoms with van der Waals surface area (Å²) in [7, 11) is 3.23. The number of ether oxygens (including phenoxy) is 3. The van der Waals surface area contributed by atoms with Crippen LogP contribution in [0.3, 0.4) is 0 Å². The van der Waals surface area contributed by atoms with Crippen LogP contribution in [0.25, 0.3) is 0 Å². The van der Waals surface area contributed by atoms with Crippen molar-refractivity contribution in [2.24, 2.45) is 5.73 Å². The summed E-state index contributed by atoms with van der Waals surface area (Å²) in [6.45, 7) is 2.19. The molecule has 0 aromatic heterocycles. The van der Waals surface area contributed by atoms with E-state index in [4.69, 9.17) is 19.9 Å². The second-order valence-corrected chi connectivity index (χ2v) is 3.71. The van der Waals surface area contributed by atoms with Gasteiger partial charge >= 0.3 is 0 Å². The van der Waals surface area contributed by atoms with Crippen molar-refractivity contribution in [3.8, 4) is 11.5 Å². The Morgan fingerprint density at radius 3 is 2.62 bits per heavy atom. The first-order valence-corrected chi connectivity index (χ1v) is 5.21. The summed E-state index contributed by atoms with van der Waals surface area (Å²) < 4.78 is 15.5. The molecule has 4 nitrogen and oxygen atoms in total. The first-order chi connectivity index (χ1) is 7.67. The molecule has 0 saturated heterocycles. The average Bonchev–Trinajstić information content (AvgIpc) is 2.26. The third-order valence-electron chi connectivity index (χ3n) is 2.14. The van der Waals surface area contributed by atoms with Crippen LogP contribution in [0.4, 0.5) is 0 Å². The molecular weight excluding hydrogens is 206 g/mol. The maximum absolute atomic E-state index is 5.79. The molecule has 0 aliphatic heterocycles. The Labute approximate surface area is 96.3 Å². The van der Waals surface area contributed by atoms with E-state index in [2.05, 4.69) is 0 Å². The summed E-state index contributed by atoms with van der Waals surface area (Å²) in [6.07, 6.45) is 0.746. The molecule has 1 unspecified atom stereocenters. The van der Waals surface area contributed by atoms with E-state index in [-0.39, 0.29) is 12.8 Å². The number of hydrogen-bond acceptors (Lipinski definition) is 4. The molecule has 0 fully saturated rings. The molecular formula is C12H19NO3. The second-order valence-electron chi connectivity index (χ2n) is 3.71. The predicted molar refractivity (Wildman–Crippen MR) is 62.9 cm³/mol. The molecule has 1 rings (SSSR count). The van der Waals surface area contributed by atoms with Crippen molar-refractivity contribution in [3.05, 3.63) is 23.8 Å². The van der Waals surface area contributed by atoms with E-state index in [1.54, 1.807) is 14.2 Å². The van der Waals surface area contributed by atoms with Crippen LogP contribution >= 0.6 is 0 Å². The lowest BCUT2D eigenvalue weighted by Gasteiger charge is -2.13. The van der Waals surface area contributed by atoms with Crippen LogP contribution in [0.1, 0.15) is 12.5 Å². The fourth-order valence-corrected chi connectivity index (χ4v) is 1.45. The van der Waals surface area contributed by atoms with Gasteiger partial charge in [0.2, 0.25) is 0 Å². The summed E-state index contributed by atoms with van der Waals surface area (Å²) >= 11 is 0. The van der Waals surface area contributed by atoms with Gasteiger partial charge in [-0.3, -0.25) is 0 Å². The number of nitrogens with two attached hydrogens (primary N) is 1. The van der Waals surface area contributed by atoms with E-state index >= 15 is 0 Å². The maximum atomic E-state index is 5.79. The number of hydrogen-bond donors (Lipinski definition) is 1. The van der Waals surface area contributed by atoms with Crippen molar-refractivity contribution in [1.29, 1.82) is 0 Å². The summed E-state index contributed by atoms with van der Waals surface area (Å²) in [5.41, 5.74) is 6.82. The van der Waals surface area contributed by atoms with Gasteiger partial charge in [0.15, 0.2) is 6.79 Å². The first-order valence-electron chi connectivity index (χ1n) is 5.21. The van der Waals surface area contributed by atoms with E-state index < -0.39 is 0 Å². The van der Waals surface area contributed by atoms with Crippen molar-refractivity contribution in [1.82, 2.24) is 0 Å². The molecule has 4 heteroatoms. The third kappa shape index (κ3) is 3.72. The monoisotopic (exact) mass is 225 g/mol. The lowest BCUT2D eigenvalue weighted by Crippen LogP contribution is -2.18. The van der Waals surface area contributed by atoms with Crippen LogP contribution in [0.2, 0.25) is 0 Å². The van der Waals surface area contributed by atoms with Gasteiger partial charge in [-0.2, -0.15) is 0 Å². The van der Waals surface area contributed by atoms with Crippen molar-refractivity contribution in [2.75, 3.05) is 21.0 Å². The molecule has 0 heterocycles. The number of benzene rings is 1. The minimum absolute atomic E-state index is 0.0806. The van der Waals surface area contributed by atoms with Gasteiger partial charge in [-0.05, 0) is 37.1 Å². The van der Waals surface area contributed by atoms with Gasteiger partial charge in [0.05, 0.1) is 7.11 Å². The standard InChI is InChI=1S/C12H19NO3/c1-9(13)6-10-7-11(15-3)4-5-12(10)16-8-14-2/h4-5,7,9H,6,8,13H2,1-3H3. The average molecular weight is 225 g/mol. The molecule has 2 N–H and O–H groups in total. The lowest BCUT2D eigenvalue weighted by atomic mass is 10.1. The van der Waals surface area contributed by atoms with Crippen LogP contribution in [-0.4, -0.2) is 27.1 Å². The lowest BCUT2D eigenvalue weighted by molar-refractivity contribution is 0.0503. The zero-order valence-electron chi connectivity index (χ0n) is 10.0. The highest BCUT2D eigenvalue weighted by atomic mass is 16.7. The molecule has 0 radical (unpaired) electrons. The van der Waals surface area contributed by atoms with E-state index in [0.29, 0.717) is 0 Å². The van der Waals surface area contributed by atoms with Gasteiger partial charge in [0.25, 0.3) is 0 Å². The largest absolute Gasteiger partial charge is 0.497 e. The molecule has 0 aliphatic carbocycles. The fraction of sp³-hybridized carbons (Fsp3) is 0.500. The summed E-state index contributed by atoms with van der Waals surface area (Å²) in [5, 5.41) is 0. The van der Waals surface area contributed by atoms with Gasteiger partial charge in [0, 0.05) is 13.2 Å². The molecule has 16 heavy (non-hydrogen) atoms. The number of rotatable bonds is 6. The van der Waals surface area contributed by atoms with Crippen LogP contribution < -0.4 is 15.2 Å². The molecule has 0 bridgehead atoms. The van der Waals surface area contributed by atoms with Crippen molar-refractivity contribution < 1.29 is 14.2 Å². The van der Waals surface area contributed by atoms with Gasteiger partial charge < -0.3 is 19.9 Å². The van der Waals surface area contributed by atoms with Crippen LogP contribution in [0, 0.1) is 0 Å². The summed E-state index contributed by atoms with van der Waals surface area (Å²) in [4.78, 5) is 0. The molecule has 1 aromatic carbocycles. The van der Waals surface area contributed by atoms with E-state index in [1.807, 2.05) is 25.1 Å². The molecule has 1 atom stereocenters. The van der Waals surface area contributed by atoms with Gasteiger partial charge in [-0.15, -0.1) is 0 Å². The highest BCUT2D eigenvalue weighted by Gasteiger charge is 2.08. The van der Waals surface area contributed by atoms with Crippen molar-refractivity contribution in [3.63, 3.8) is 0 Å². The summed E-state index contributed by atoms with van der Waals surface area (Å²) in [5.74, 6) is 1.60. The highest BCUT2D eigenvalue weighted by Crippen LogP contribution is 2.25. The molecule has 1 aromatic rings. The normalized spacial score (nSPS) is 12.2. The topological polar surface area (TPSA) is 53.7 Å². The third-order valence-corrected chi connectivity index (χ3v) is 2.14. The van der Waals surface area contributed by atoms with Gasteiger partial charge in [-0.25, -0.2) is 0 Å². The Hall–Kier alpha value is -1.26. The van der Waals surface area contributed by atoms with Crippen molar-refractivity contribution >= 4 is 0 Å². The van der Waals surface area contributed by atoms with Crippen LogP contribution in [-0.2, 0) is 11.2 Å². The zero-order valence-corrected chi connectivity index (χ0v) is 10.0. The highest BCUT2D eigenvalue weighted by molar-refractivity contribution is 5.40. The van der Waals surface area contributed by atoms with Gasteiger partial charge in [-0.1, -0.05) is 0 Å². The van der Waals surface area contributed by atoms with E-state index in [9.17, 15) is 0 Å². The smallest absolute Gasteiger partial charge is 0.188 e. The Morgan fingerprint density at radius 2 is 2.06 bits per heavy atom. The zero-order chi connectivity index (χ0) is 12.0. The predicted octanol–water partition coefficient (Wildman–Crippen LogP) is 1.57. The minimum atomic E-state index is 0.0806. The van der Waals surface area contributed by atoms with Crippen LogP contribution in [0.5, 0.6) is 11.5 Å². The molecule has 90 valence electrons. The summed E-state index contributed by atoms with van der Waals surface area (Å²) in [6, 6.07) is 5.75. The van der Waals surface area contributed by atoms with Crippen LogP contribution in [0.15, 0.2) is 18.2 Å². The number of methoxy groups -OCH3 is 2. The Kier molecular flexibility index (Phi) is 5.08. The second kappa shape index (κ2) is 6.35. The van der Waals surface area contributed by atoms with E-state index in [1.165, 1.54) is 0 Å². The van der Waals surface area contributed by atoms with E-state index in [0.717, 1.165) is 23.5 Å². The Morgan fingerprint density at radius 1 is 1.31 bits per heavy atom.